The Kier molecular flexibility index (Phi) is 0.187. The normalized spacial score (nSPS) is 126. The Morgan fingerprint density at radius 2 is 1.12 bits per heavy atom. The van der Waals surface area contributed by atoms with Crippen LogP contribution in [0.3, 0.4) is 0 Å². The van der Waals surface area contributed by atoms with Gasteiger partial charge in [-0.05, 0) is 0 Å². The molecule has 10 heterocycles. The summed E-state index contributed by atoms with van der Waals surface area (Å²) in [6, 6.07) is 0. The van der Waals surface area contributed by atoms with E-state index in [4.69, 9.17) is 0 Å². The van der Waals surface area contributed by atoms with Crippen molar-refractivity contribution >= 4 is 0 Å². The van der Waals surface area contributed by atoms with Gasteiger partial charge in [0, 0.05) is 0 Å². The molecule has 0 aliphatic carbocycles. The van der Waals surface area contributed by atoms with E-state index in [9.17, 15) is 0 Å². The maximum Gasteiger partial charge on any atom is -0.344 e. The Hall–Kier alpha value is 0.479. The summed E-state index contributed by atoms with van der Waals surface area (Å²) < 4.78 is 1.13. The molecule has 0 aromatic heterocycles. The molecule has 2 heteroatoms. The third-order valence-electron chi connectivity index (χ3n) is 15.8. The summed E-state index contributed by atoms with van der Waals surface area (Å²) in [6.45, 7) is 5.25. The molecule has 3 N–H and O–H groups in total. The molecular weight excluding hydrogens is 238 g/mol. The van der Waals surface area contributed by atoms with Crippen LogP contribution in [0.4, 0.5) is 0 Å². The van der Waals surface area contributed by atoms with E-state index < -0.39 is 6.51 Å². The summed E-state index contributed by atoms with van der Waals surface area (Å²) in [4.78, 5) is 13.7. The third kappa shape index (κ3) is 0.0532. The maximum absolute atomic E-state index is 2.69. The monoisotopic (exact) mass is 259 g/mol. The van der Waals surface area contributed by atoms with Gasteiger partial charge in [0.15, 0.2) is 0 Å². The number of fused-ring (bicyclic) bond motifs is 10. The van der Waals surface area contributed by atoms with Crippen molar-refractivity contribution in [3.8, 4) is 0 Å². The Labute approximate surface area is 86.6 Å². The van der Waals surface area contributed by atoms with Crippen LogP contribution in [0.5, 0.6) is 0 Å². The van der Waals surface area contributed by atoms with E-state index in [-0.39, 0.29) is 6.15 Å². The predicted octanol–water partition coefficient (Wildman–Crippen LogP) is 4.95. The SMILES string of the molecule is CC(C)(C)[C]12[CH]3[CH]4[CH]5[CH]1[Fe]45321678[CH]2[CH]1[CH]6[CH]7[CH]28.N. The van der Waals surface area contributed by atoms with E-state index in [0.717, 1.165) is 9.73 Å². The van der Waals surface area contributed by atoms with Gasteiger partial charge in [0.05, 0.1) is 0 Å². The molecule has 0 saturated carbocycles. The molecule has 10 fully saturated rings. The van der Waals surface area contributed by atoms with Crippen LogP contribution in [-0.2, 0) is 6.51 Å². The topological polar surface area (TPSA) is 35.0 Å². The molecule has 4 unspecified atom stereocenters. The van der Waals surface area contributed by atoms with Crippen molar-refractivity contribution in [3.05, 3.63) is 0 Å². The van der Waals surface area contributed by atoms with Gasteiger partial charge in [0.2, 0.25) is 0 Å². The summed E-state index contributed by atoms with van der Waals surface area (Å²) in [7, 11) is 0. The van der Waals surface area contributed by atoms with Gasteiger partial charge in [-0.25, -0.2) is 0 Å². The van der Waals surface area contributed by atoms with Gasteiger partial charge < -0.3 is 6.15 Å². The predicted molar refractivity (Wildman–Crippen MR) is 60.9 cm³/mol. The van der Waals surface area contributed by atoms with Crippen LogP contribution in [0.2, 0.25) is 47.7 Å². The number of hydrogen-bond donors (Lipinski definition) is 1. The Morgan fingerprint density at radius 1 is 0.750 bits per heavy atom. The smallest absolute Gasteiger partial charge is 0.344 e. The largest absolute Gasteiger partial charge is 0.344 e. The van der Waals surface area contributed by atoms with E-state index in [1.54, 1.807) is 0 Å². The molecule has 0 bridgehead atoms. The summed E-state index contributed by atoms with van der Waals surface area (Å²) in [5.41, 5.74) is 0.738. The molecule has 4 atom stereocenters. The number of hydrogen-bond acceptors (Lipinski definition) is 1. The Balaban J connectivity index is 0.000000576. The third-order valence-corrected chi connectivity index (χ3v) is 58.7. The van der Waals surface area contributed by atoms with Gasteiger partial charge >= 0.3 is 80.4 Å². The maximum atomic E-state index is 2.65. The standard InChI is InChI=1S/C9H13.C5H5.Fe.H3N/c1-9(2,3)8-6-4-5-7-8;1-2-4-5-3-1;;/h4-7H,1-3H3;1-5H;;1H3. The molecule has 10 aliphatic heterocycles. The molecule has 10 aliphatic rings. The molecule has 0 radical (unpaired) electrons. The molecular formula is C14H21FeN. The van der Waals surface area contributed by atoms with Crippen LogP contribution < -0.4 is 6.15 Å². The molecule has 0 aromatic carbocycles. The van der Waals surface area contributed by atoms with Gasteiger partial charge in [0.25, 0.3) is 0 Å². The minimum absolute atomic E-state index is 0. The first-order valence-corrected chi connectivity index (χ1v) is 13.3. The first kappa shape index (κ1) is 6.59. The van der Waals surface area contributed by atoms with Crippen LogP contribution >= 0.6 is 0 Å². The minimum atomic E-state index is -2.69. The van der Waals surface area contributed by atoms with Gasteiger partial charge in [0.1, 0.15) is 0 Å². The van der Waals surface area contributed by atoms with Crippen LogP contribution in [0.25, 0.3) is 0 Å². The minimum Gasteiger partial charge on any atom is -0.344 e. The van der Waals surface area contributed by atoms with Gasteiger partial charge in [-0.15, -0.1) is 0 Å². The first-order valence-electron chi connectivity index (χ1n) is 7.01. The van der Waals surface area contributed by atoms with Crippen LogP contribution in [0.1, 0.15) is 20.8 Å². The van der Waals surface area contributed by atoms with Gasteiger partial charge in [-0.2, -0.15) is 0 Å². The van der Waals surface area contributed by atoms with E-state index >= 15 is 0 Å². The molecule has 1 nitrogen and oxygen atoms in total. The van der Waals surface area contributed by atoms with Crippen molar-refractivity contribution < 1.29 is 6.51 Å². The van der Waals surface area contributed by atoms with Crippen molar-refractivity contribution in [2.75, 3.05) is 0 Å². The molecule has 0 aromatic rings. The van der Waals surface area contributed by atoms with Gasteiger partial charge in [-0.1, -0.05) is 0 Å². The van der Waals surface area contributed by atoms with Crippen molar-refractivity contribution in [1.29, 1.82) is 0 Å². The Bertz CT molecular complexity index is 839. The van der Waals surface area contributed by atoms with E-state index in [0.29, 0.717) is 0 Å². The summed E-state index contributed by atoms with van der Waals surface area (Å²) in [6.07, 6.45) is 0. The van der Waals surface area contributed by atoms with Crippen molar-refractivity contribution in [3.63, 3.8) is 0 Å². The molecule has 1 spiro atoms. The quantitative estimate of drug-likeness (QED) is 0.613. The molecule has 16 heavy (non-hydrogen) atoms. The zero-order chi connectivity index (χ0) is 9.51. The summed E-state index contributed by atoms with van der Waals surface area (Å²) in [5.74, 6) is 0. The van der Waals surface area contributed by atoms with Crippen molar-refractivity contribution in [1.82, 2.24) is 6.15 Å². The fraction of sp³-hybridized carbons (Fsp3) is 1.00. The second kappa shape index (κ2) is 0.455. The second-order valence-corrected chi connectivity index (χ2v) is 35.5. The van der Waals surface area contributed by atoms with Crippen molar-refractivity contribution in [2.24, 2.45) is 5.41 Å². The fourth-order valence-corrected chi connectivity index (χ4v) is 95.6. The zero-order valence-electron chi connectivity index (χ0n) is 10.3. The fourth-order valence-electron chi connectivity index (χ4n) is 18.3. The van der Waals surface area contributed by atoms with E-state index in [2.05, 4.69) is 20.8 Å². The Morgan fingerprint density at radius 3 is 1.19 bits per heavy atom. The molecule has 90 valence electrons. The van der Waals surface area contributed by atoms with Gasteiger partial charge in [-0.3, -0.25) is 0 Å². The van der Waals surface area contributed by atoms with Crippen LogP contribution in [0.15, 0.2) is 0 Å². The van der Waals surface area contributed by atoms with E-state index in [1.165, 1.54) is 43.3 Å². The average molecular weight is 259 g/mol. The molecule has 10 saturated heterocycles. The van der Waals surface area contributed by atoms with Crippen molar-refractivity contribution in [2.45, 2.75) is 68.4 Å². The molecule has 10 rings (SSSR count). The first-order chi connectivity index (χ1) is 6.80. The molecule has 0 amide bonds. The second-order valence-electron chi connectivity index (χ2n) is 11.9. The van der Waals surface area contributed by atoms with Crippen LogP contribution in [0, 0.1) is 5.41 Å². The van der Waals surface area contributed by atoms with E-state index in [1.807, 2.05) is 0 Å². The van der Waals surface area contributed by atoms with Crippen LogP contribution in [-0.4, -0.2) is 0 Å². The summed E-state index contributed by atoms with van der Waals surface area (Å²) >= 11 is 0. The summed E-state index contributed by atoms with van der Waals surface area (Å²) in [5, 5.41) is 0. The zero-order valence-corrected chi connectivity index (χ0v) is 11.4. The number of rotatable bonds is 0. The average Bonchev–Trinajstić information content (AvgIpc) is 3.12.